The number of nitrogens with zero attached hydrogens (tertiary/aromatic N) is 2. The molecule has 7 nitrogen and oxygen atoms in total. The lowest BCUT2D eigenvalue weighted by Crippen LogP contribution is -2.30. The average Bonchev–Trinajstić information content (AvgIpc) is 3.13. The van der Waals surface area contributed by atoms with Gasteiger partial charge in [-0.25, -0.2) is 0 Å². The number of guanidine groups is 1. The van der Waals surface area contributed by atoms with E-state index < -0.39 is 4.75 Å². The molecule has 142 valence electrons. The lowest BCUT2D eigenvalue weighted by molar-refractivity contribution is -0.119. The van der Waals surface area contributed by atoms with E-state index in [0.717, 1.165) is 25.4 Å². The number of methoxy groups -OCH3 is 1. The number of carbonyl (C=O) groups excluding carboxylic acids is 1. The monoisotopic (exact) mass is 378 g/mol. The van der Waals surface area contributed by atoms with E-state index in [9.17, 15) is 4.79 Å². The molecule has 1 aliphatic rings. The molecule has 1 amide bonds. The van der Waals surface area contributed by atoms with Crippen LogP contribution < -0.4 is 16.2 Å². The van der Waals surface area contributed by atoms with Gasteiger partial charge in [0.15, 0.2) is 0 Å². The maximum Gasteiger partial charge on any atom is 0.264 e. The van der Waals surface area contributed by atoms with Crippen molar-refractivity contribution in [2.75, 3.05) is 26.1 Å². The highest BCUT2D eigenvalue weighted by molar-refractivity contribution is 8.01. The maximum atomic E-state index is 12.4. The number of hydrogen-bond donors (Lipinski definition) is 2. The van der Waals surface area contributed by atoms with E-state index in [-0.39, 0.29) is 17.7 Å². The fourth-order valence-electron chi connectivity index (χ4n) is 2.32. The minimum Gasteiger partial charge on any atom is -0.497 e. The second-order valence-corrected chi connectivity index (χ2v) is 8.19. The topological polar surface area (TPSA) is 112 Å². The van der Waals surface area contributed by atoms with Crippen LogP contribution in [0.4, 0.5) is 0 Å². The van der Waals surface area contributed by atoms with Gasteiger partial charge in [-0.1, -0.05) is 0 Å². The van der Waals surface area contributed by atoms with Crippen molar-refractivity contribution in [2.24, 2.45) is 27.4 Å². The van der Waals surface area contributed by atoms with Crippen molar-refractivity contribution in [3.63, 3.8) is 0 Å². The van der Waals surface area contributed by atoms with Crippen LogP contribution in [-0.4, -0.2) is 48.5 Å². The predicted molar refractivity (Wildman–Crippen MR) is 106 cm³/mol. The molecule has 0 saturated carbocycles. The molecule has 0 aromatic heterocycles. The van der Waals surface area contributed by atoms with Crippen LogP contribution in [0.1, 0.15) is 25.8 Å². The van der Waals surface area contributed by atoms with Crippen molar-refractivity contribution >= 4 is 29.5 Å². The van der Waals surface area contributed by atoms with Crippen molar-refractivity contribution in [1.29, 1.82) is 0 Å². The fourth-order valence-corrected chi connectivity index (χ4v) is 3.40. The Bertz CT molecular complexity index is 680. The highest BCUT2D eigenvalue weighted by atomic mass is 32.2. The van der Waals surface area contributed by atoms with Crippen molar-refractivity contribution in [1.82, 2.24) is 0 Å². The number of amides is 1. The molecule has 1 aromatic rings. The largest absolute Gasteiger partial charge is 0.497 e. The Morgan fingerprint density at radius 3 is 2.58 bits per heavy atom. The number of rotatable bonds is 6. The fraction of sp³-hybridized carbons (Fsp3) is 0.500. The third-order valence-corrected chi connectivity index (χ3v) is 5.59. The highest BCUT2D eigenvalue weighted by Crippen LogP contribution is 2.30. The smallest absolute Gasteiger partial charge is 0.264 e. The van der Waals surface area contributed by atoms with Gasteiger partial charge in [0.2, 0.25) is 5.96 Å². The quantitative estimate of drug-likeness (QED) is 0.576. The maximum absolute atomic E-state index is 12.4. The zero-order chi connectivity index (χ0) is 19.2. The summed E-state index contributed by atoms with van der Waals surface area (Å²) in [5.74, 6) is 1.76. The van der Waals surface area contributed by atoms with Crippen molar-refractivity contribution in [2.45, 2.75) is 25.0 Å². The molecule has 1 unspecified atom stereocenters. The van der Waals surface area contributed by atoms with Gasteiger partial charge in [-0.3, -0.25) is 4.79 Å². The van der Waals surface area contributed by atoms with Crippen LogP contribution in [0.5, 0.6) is 5.75 Å². The number of aliphatic imine (C=N–C) groups is 2. The molecule has 1 aromatic carbocycles. The molecule has 2 rings (SSSR count). The summed E-state index contributed by atoms with van der Waals surface area (Å²) >= 11 is 1.56. The van der Waals surface area contributed by atoms with Crippen LogP contribution in [0, 0.1) is 5.92 Å². The van der Waals surface area contributed by atoms with E-state index in [2.05, 4.69) is 9.98 Å². The molecule has 1 fully saturated rings. The summed E-state index contributed by atoms with van der Waals surface area (Å²) in [5, 5.41) is 0. The molecule has 0 spiro atoms. The molecular weight excluding hydrogens is 352 g/mol. The van der Waals surface area contributed by atoms with Gasteiger partial charge in [0.05, 0.1) is 18.5 Å². The first-order valence-corrected chi connectivity index (χ1v) is 9.39. The minimum atomic E-state index is -0.683. The molecule has 4 N–H and O–H groups in total. The lowest BCUT2D eigenvalue weighted by Gasteiger charge is -2.21. The van der Waals surface area contributed by atoms with Crippen molar-refractivity contribution in [3.8, 4) is 5.75 Å². The summed E-state index contributed by atoms with van der Waals surface area (Å²) in [5.41, 5.74) is 12.4. The standard InChI is InChI=1S/C18H26N4O3S/c1-18(2,26-11-12-8-9-25-10-12)16(23)22-17(20)21-15(19)13-4-6-14(24-3)7-5-13/h4-7,12H,8-11H2,1-3H3,(H4,19,20,21,22,23). The first-order chi connectivity index (χ1) is 12.3. The van der Waals surface area contributed by atoms with E-state index in [0.29, 0.717) is 17.2 Å². The SMILES string of the molecule is COc1ccc(/C(N)=N/C(N)=NC(=O)C(C)(C)SCC2CCOC2)cc1. The number of carbonyl (C=O) groups is 1. The summed E-state index contributed by atoms with van der Waals surface area (Å²) in [7, 11) is 1.59. The van der Waals surface area contributed by atoms with E-state index in [1.54, 1.807) is 43.1 Å². The second kappa shape index (κ2) is 9.05. The van der Waals surface area contributed by atoms with Gasteiger partial charge in [-0.2, -0.15) is 9.98 Å². The zero-order valence-corrected chi connectivity index (χ0v) is 16.2. The van der Waals surface area contributed by atoms with Gasteiger partial charge in [-0.05, 0) is 56.2 Å². The zero-order valence-electron chi connectivity index (χ0n) is 15.4. The summed E-state index contributed by atoms with van der Waals surface area (Å²) in [6, 6.07) is 7.05. The number of ether oxygens (including phenoxy) is 2. The predicted octanol–water partition coefficient (Wildman–Crippen LogP) is 1.79. The molecule has 26 heavy (non-hydrogen) atoms. The van der Waals surface area contributed by atoms with Gasteiger partial charge in [0, 0.05) is 12.2 Å². The summed E-state index contributed by atoms with van der Waals surface area (Å²) in [4.78, 5) is 20.4. The molecule has 1 heterocycles. The number of nitrogens with two attached hydrogens (primary N) is 2. The van der Waals surface area contributed by atoms with Crippen LogP contribution in [-0.2, 0) is 9.53 Å². The van der Waals surface area contributed by atoms with Gasteiger partial charge < -0.3 is 20.9 Å². The molecule has 1 aliphatic heterocycles. The summed E-state index contributed by atoms with van der Waals surface area (Å²) < 4.78 is 9.78. The number of hydrogen-bond acceptors (Lipinski definition) is 4. The number of thioether (sulfide) groups is 1. The van der Waals surface area contributed by atoms with Crippen molar-refractivity contribution in [3.05, 3.63) is 29.8 Å². The van der Waals surface area contributed by atoms with Gasteiger partial charge in [0.1, 0.15) is 11.6 Å². The molecule has 8 heteroatoms. The van der Waals surface area contributed by atoms with Gasteiger partial charge in [-0.15, -0.1) is 11.8 Å². The van der Waals surface area contributed by atoms with Crippen LogP contribution in [0.2, 0.25) is 0 Å². The Morgan fingerprint density at radius 2 is 2.00 bits per heavy atom. The van der Waals surface area contributed by atoms with Crippen molar-refractivity contribution < 1.29 is 14.3 Å². The van der Waals surface area contributed by atoms with E-state index in [4.69, 9.17) is 20.9 Å². The van der Waals surface area contributed by atoms with Crippen LogP contribution >= 0.6 is 11.8 Å². The van der Waals surface area contributed by atoms with E-state index >= 15 is 0 Å². The third kappa shape index (κ3) is 5.74. The third-order valence-electron chi connectivity index (χ3n) is 4.06. The van der Waals surface area contributed by atoms with Gasteiger partial charge in [0.25, 0.3) is 5.91 Å². The summed E-state index contributed by atoms with van der Waals surface area (Å²) in [6.45, 7) is 5.22. The first-order valence-electron chi connectivity index (χ1n) is 8.40. The Balaban J connectivity index is 1.99. The molecule has 0 radical (unpaired) electrons. The van der Waals surface area contributed by atoms with E-state index in [1.165, 1.54) is 0 Å². The lowest BCUT2D eigenvalue weighted by atomic mass is 10.2. The van der Waals surface area contributed by atoms with Crippen LogP contribution in [0.25, 0.3) is 0 Å². The molecular formula is C18H26N4O3S. The first kappa shape index (κ1) is 20.3. The number of amidine groups is 1. The van der Waals surface area contributed by atoms with Gasteiger partial charge >= 0.3 is 0 Å². The van der Waals surface area contributed by atoms with Crippen LogP contribution in [0.3, 0.4) is 0 Å². The number of benzene rings is 1. The van der Waals surface area contributed by atoms with Crippen LogP contribution in [0.15, 0.2) is 34.3 Å². The Kier molecular flexibility index (Phi) is 7.05. The Hall–Kier alpha value is -2.06. The molecule has 0 aliphatic carbocycles. The van der Waals surface area contributed by atoms with E-state index in [1.807, 2.05) is 13.8 Å². The second-order valence-electron chi connectivity index (χ2n) is 6.55. The summed E-state index contributed by atoms with van der Waals surface area (Å²) in [6.07, 6.45) is 1.03. The minimum absolute atomic E-state index is 0.152. The Labute approximate surface area is 158 Å². The normalized spacial score (nSPS) is 18.8. The molecule has 0 bridgehead atoms. The highest BCUT2D eigenvalue weighted by Gasteiger charge is 2.30. The molecule has 1 atom stereocenters. The molecule has 1 saturated heterocycles. The Morgan fingerprint density at radius 1 is 1.31 bits per heavy atom. The average molecular weight is 378 g/mol.